The van der Waals surface area contributed by atoms with Crippen molar-refractivity contribution in [3.63, 3.8) is 0 Å². The first-order chi connectivity index (χ1) is 15.4. The molecule has 2 heterocycles. The molecule has 0 amide bonds. The van der Waals surface area contributed by atoms with Crippen LogP contribution in [0, 0.1) is 0 Å². The van der Waals surface area contributed by atoms with Gasteiger partial charge < -0.3 is 20.1 Å². The van der Waals surface area contributed by atoms with Crippen molar-refractivity contribution in [2.75, 3.05) is 31.0 Å². The summed E-state index contributed by atoms with van der Waals surface area (Å²) in [5.74, 6) is 0.0173. The number of hydrogen-bond donors (Lipinski definition) is 2. The molecular weight excluding hydrogens is 495 g/mol. The molecule has 15 heteroatoms. The van der Waals surface area contributed by atoms with E-state index in [1.165, 1.54) is 34.8 Å². The molecule has 180 valence electrons. The Morgan fingerprint density at radius 1 is 1.09 bits per heavy atom. The van der Waals surface area contributed by atoms with E-state index in [0.717, 1.165) is 0 Å². The lowest BCUT2D eigenvalue weighted by atomic mass is 10.3. The predicted octanol–water partition coefficient (Wildman–Crippen LogP) is 4.85. The Balaban J connectivity index is 1.66. The van der Waals surface area contributed by atoms with Gasteiger partial charge in [0.1, 0.15) is 16.3 Å². The summed E-state index contributed by atoms with van der Waals surface area (Å²) in [6, 6.07) is 6.44. The maximum absolute atomic E-state index is 12.6. The van der Waals surface area contributed by atoms with E-state index in [2.05, 4.69) is 15.0 Å². The number of nitrogens with two attached hydrogens (primary N) is 1. The first kappa shape index (κ1) is 25.3. The second-order valence-electron chi connectivity index (χ2n) is 6.85. The van der Waals surface area contributed by atoms with Crippen LogP contribution in [0.2, 0.25) is 0 Å². The van der Waals surface area contributed by atoms with Crippen LogP contribution in [0.25, 0.3) is 11.2 Å². The van der Waals surface area contributed by atoms with Crippen molar-refractivity contribution in [2.24, 2.45) is 0 Å². The third-order valence-electron chi connectivity index (χ3n) is 4.04. The molecular formula is C18H18F6N5O2PS. The highest BCUT2D eigenvalue weighted by Crippen LogP contribution is 2.45. The highest BCUT2D eigenvalue weighted by molar-refractivity contribution is 7.99. The molecule has 3 aromatic rings. The fourth-order valence-corrected chi connectivity index (χ4v) is 5.46. The number of halogens is 6. The van der Waals surface area contributed by atoms with Crippen molar-refractivity contribution in [2.45, 2.75) is 28.8 Å². The number of benzene rings is 1. The summed E-state index contributed by atoms with van der Waals surface area (Å²) in [4.78, 5) is 13.2. The number of aromatic hydroxyl groups is 1. The van der Waals surface area contributed by atoms with Gasteiger partial charge in [0.25, 0.3) is 0 Å². The number of ether oxygens (including phenoxy) is 1. The number of imidazole rings is 1. The van der Waals surface area contributed by atoms with Crippen molar-refractivity contribution < 1.29 is 36.2 Å². The Labute approximate surface area is 189 Å². The SMILES string of the molecule is Nc1nc(Sc2cccc(O)c2)c2ncn(CCOCP(CC(F)(F)F)CC(F)(F)F)c2n1. The standard InChI is InChI=1S/C18H18F6N5O2PS/c19-17(20,21)7-32(8-18(22,23)24)10-31-5-4-29-9-26-13-14(29)27-16(25)28-15(13)33-12-3-1-2-11(30)6-12/h1-3,6,9,30H,4-5,7-8,10H2,(H2,25,27,28). The second kappa shape index (κ2) is 10.3. The second-order valence-corrected chi connectivity index (χ2v) is 10.1. The van der Waals surface area contributed by atoms with Crippen LogP contribution in [-0.2, 0) is 11.3 Å². The van der Waals surface area contributed by atoms with Crippen LogP contribution in [0.15, 0.2) is 40.5 Å². The van der Waals surface area contributed by atoms with Crippen LogP contribution in [0.5, 0.6) is 5.75 Å². The van der Waals surface area contributed by atoms with Gasteiger partial charge in [0.15, 0.2) is 5.65 Å². The molecule has 0 spiro atoms. The summed E-state index contributed by atoms with van der Waals surface area (Å²) in [7, 11) is -2.45. The molecule has 0 unspecified atom stereocenters. The number of fused-ring (bicyclic) bond motifs is 1. The normalized spacial score (nSPS) is 12.7. The lowest BCUT2D eigenvalue weighted by molar-refractivity contribution is -0.112. The number of alkyl halides is 6. The van der Waals surface area contributed by atoms with E-state index >= 15 is 0 Å². The molecule has 0 aliphatic heterocycles. The molecule has 3 N–H and O–H groups in total. The minimum atomic E-state index is -4.70. The van der Waals surface area contributed by atoms with Crippen LogP contribution in [0.1, 0.15) is 0 Å². The molecule has 33 heavy (non-hydrogen) atoms. The Bertz CT molecular complexity index is 1080. The van der Waals surface area contributed by atoms with Gasteiger partial charge in [-0.3, -0.25) is 0 Å². The van der Waals surface area contributed by atoms with Gasteiger partial charge in [-0.1, -0.05) is 25.7 Å². The fraction of sp³-hybridized carbons (Fsp3) is 0.389. The van der Waals surface area contributed by atoms with Crippen molar-refractivity contribution in [3.8, 4) is 5.75 Å². The Morgan fingerprint density at radius 2 is 1.79 bits per heavy atom. The van der Waals surface area contributed by atoms with Crippen LogP contribution in [0.4, 0.5) is 32.3 Å². The fourth-order valence-electron chi connectivity index (χ4n) is 2.84. The molecule has 0 aliphatic rings. The van der Waals surface area contributed by atoms with Gasteiger partial charge in [0.05, 0.1) is 31.6 Å². The summed E-state index contributed by atoms with van der Waals surface area (Å²) in [6.45, 7) is -0.0522. The highest BCUT2D eigenvalue weighted by atomic mass is 32.2. The average Bonchev–Trinajstić information content (AvgIpc) is 3.05. The summed E-state index contributed by atoms with van der Waals surface area (Å²) in [5, 5.41) is 10.0. The number of nitrogens with zero attached hydrogens (tertiary/aromatic N) is 4. The van der Waals surface area contributed by atoms with Crippen LogP contribution < -0.4 is 5.73 Å². The Kier molecular flexibility index (Phi) is 7.91. The van der Waals surface area contributed by atoms with Crippen molar-refractivity contribution in [1.29, 1.82) is 0 Å². The number of rotatable bonds is 9. The zero-order valence-corrected chi connectivity index (χ0v) is 18.5. The van der Waals surface area contributed by atoms with E-state index in [-0.39, 0.29) is 24.8 Å². The molecule has 1 aromatic carbocycles. The summed E-state index contributed by atoms with van der Waals surface area (Å²) in [5.41, 5.74) is 6.51. The maximum Gasteiger partial charge on any atom is 0.392 e. The van der Waals surface area contributed by atoms with Crippen LogP contribution in [-0.4, -0.2) is 62.3 Å². The minimum absolute atomic E-state index is 0.0494. The van der Waals surface area contributed by atoms with Gasteiger partial charge >= 0.3 is 12.4 Å². The topological polar surface area (TPSA) is 99.1 Å². The molecule has 0 bridgehead atoms. The maximum atomic E-state index is 12.6. The van der Waals surface area contributed by atoms with Gasteiger partial charge in [0, 0.05) is 11.4 Å². The summed E-state index contributed by atoms with van der Waals surface area (Å²) in [6.07, 6.45) is -11.7. The quantitative estimate of drug-likeness (QED) is 0.183. The number of phenolic OH excluding ortho intramolecular Hbond substituents is 1. The van der Waals surface area contributed by atoms with Gasteiger partial charge in [0.2, 0.25) is 5.95 Å². The van der Waals surface area contributed by atoms with Gasteiger partial charge in [-0.2, -0.15) is 31.3 Å². The highest BCUT2D eigenvalue weighted by Gasteiger charge is 2.38. The smallest absolute Gasteiger partial charge is 0.392 e. The molecule has 0 aliphatic carbocycles. The summed E-state index contributed by atoms with van der Waals surface area (Å²) < 4.78 is 82.2. The van der Waals surface area contributed by atoms with Crippen LogP contribution in [0.3, 0.4) is 0 Å². The number of aromatic nitrogens is 4. The monoisotopic (exact) mass is 513 g/mol. The molecule has 0 fully saturated rings. The zero-order chi connectivity index (χ0) is 24.2. The molecule has 0 radical (unpaired) electrons. The zero-order valence-electron chi connectivity index (χ0n) is 16.8. The average molecular weight is 513 g/mol. The Hall–Kier alpha value is -2.31. The Morgan fingerprint density at radius 3 is 2.42 bits per heavy atom. The van der Waals surface area contributed by atoms with Gasteiger partial charge in [-0.15, -0.1) is 0 Å². The lowest BCUT2D eigenvalue weighted by Crippen LogP contribution is -2.22. The lowest BCUT2D eigenvalue weighted by Gasteiger charge is -2.20. The van der Waals surface area contributed by atoms with Crippen molar-refractivity contribution >= 4 is 36.8 Å². The predicted molar refractivity (Wildman–Crippen MR) is 112 cm³/mol. The van der Waals surface area contributed by atoms with Crippen molar-refractivity contribution in [1.82, 2.24) is 19.5 Å². The van der Waals surface area contributed by atoms with E-state index in [9.17, 15) is 31.4 Å². The first-order valence-electron chi connectivity index (χ1n) is 9.28. The largest absolute Gasteiger partial charge is 0.508 e. The number of nitrogen functional groups attached to an aromatic ring is 1. The molecule has 7 nitrogen and oxygen atoms in total. The number of anilines is 1. The van der Waals surface area contributed by atoms with Gasteiger partial charge in [-0.05, 0) is 18.2 Å². The molecule has 0 atom stereocenters. The van der Waals surface area contributed by atoms with E-state index in [1.54, 1.807) is 12.1 Å². The third-order valence-corrected chi connectivity index (χ3v) is 7.16. The summed E-state index contributed by atoms with van der Waals surface area (Å²) >= 11 is 1.19. The third kappa shape index (κ3) is 7.90. The molecule has 2 aromatic heterocycles. The van der Waals surface area contributed by atoms with Gasteiger partial charge in [-0.25, -0.2) is 9.97 Å². The van der Waals surface area contributed by atoms with E-state index in [1.807, 2.05) is 0 Å². The first-order valence-corrected chi connectivity index (χ1v) is 12.0. The number of phenols is 1. The van der Waals surface area contributed by atoms with E-state index in [4.69, 9.17) is 10.5 Å². The van der Waals surface area contributed by atoms with Crippen LogP contribution >= 0.6 is 19.7 Å². The molecule has 0 saturated heterocycles. The van der Waals surface area contributed by atoms with E-state index in [0.29, 0.717) is 21.1 Å². The van der Waals surface area contributed by atoms with E-state index < -0.39 is 38.9 Å². The molecule has 0 saturated carbocycles. The number of hydrogen-bond acceptors (Lipinski definition) is 7. The van der Waals surface area contributed by atoms with Crippen molar-refractivity contribution in [3.05, 3.63) is 30.6 Å². The minimum Gasteiger partial charge on any atom is -0.508 e. The molecule has 3 rings (SSSR count).